The first kappa shape index (κ1) is 29.1. The monoisotopic (exact) mass is 585 g/mol. The van der Waals surface area contributed by atoms with E-state index in [-0.39, 0.29) is 23.6 Å². The van der Waals surface area contributed by atoms with Gasteiger partial charge in [-0.15, -0.1) is 5.10 Å². The van der Waals surface area contributed by atoms with Crippen molar-refractivity contribution in [3.8, 4) is 0 Å². The smallest absolute Gasteiger partial charge is 0.377 e. The summed E-state index contributed by atoms with van der Waals surface area (Å²) in [6.07, 6.45) is -2.53. The second-order valence-corrected chi connectivity index (χ2v) is 9.66. The molecule has 0 unspecified atom stereocenters. The molecule has 0 spiro atoms. The fourth-order valence-corrected chi connectivity index (χ4v) is 4.61. The van der Waals surface area contributed by atoms with Crippen LogP contribution >= 0.6 is 0 Å². The summed E-state index contributed by atoms with van der Waals surface area (Å²) in [7, 11) is 1.18. The highest BCUT2D eigenvalue weighted by Crippen LogP contribution is 2.43. The Bertz CT molecular complexity index is 1590. The molecule has 0 amide bonds. The molecule has 43 heavy (non-hydrogen) atoms. The summed E-state index contributed by atoms with van der Waals surface area (Å²) in [4.78, 5) is 55.5. The van der Waals surface area contributed by atoms with E-state index in [4.69, 9.17) is 23.7 Å². The first-order valence-corrected chi connectivity index (χ1v) is 13.2. The van der Waals surface area contributed by atoms with Gasteiger partial charge in [0.15, 0.2) is 17.9 Å². The van der Waals surface area contributed by atoms with E-state index >= 15 is 0 Å². The number of ether oxygens (including phenoxy) is 5. The third kappa shape index (κ3) is 6.28. The Hall–Kier alpha value is -5.36. The molecule has 4 aromatic rings. The number of aromatic nitrogens is 3. The minimum absolute atomic E-state index is 0.225. The summed E-state index contributed by atoms with van der Waals surface area (Å²) in [5.74, 6) is -3.20. The number of hydrogen-bond donors (Lipinski definition) is 0. The van der Waals surface area contributed by atoms with Crippen LogP contribution in [0.5, 0.6) is 0 Å². The molecule has 12 nitrogen and oxygen atoms in total. The van der Waals surface area contributed by atoms with Crippen LogP contribution in [0.25, 0.3) is 0 Å². The van der Waals surface area contributed by atoms with Crippen molar-refractivity contribution in [3.63, 3.8) is 0 Å². The SMILES string of the molecule is COC(=O)c1ncn([C@@H]2O[C@H](COC(=O)c3ccccc3)[C@@H](OC(=O)c3ccccc3)[C@@]2(C)OC(=O)c2ccccc2)n1. The highest BCUT2D eigenvalue weighted by molar-refractivity contribution is 5.91. The number of esters is 4. The van der Waals surface area contributed by atoms with Crippen molar-refractivity contribution < 1.29 is 42.9 Å². The first-order chi connectivity index (χ1) is 20.8. The van der Waals surface area contributed by atoms with Crippen LogP contribution in [0.15, 0.2) is 97.3 Å². The fourth-order valence-electron chi connectivity index (χ4n) is 4.61. The lowest BCUT2D eigenvalue weighted by atomic mass is 9.95. The Kier molecular flexibility index (Phi) is 8.58. The number of rotatable bonds is 9. The van der Waals surface area contributed by atoms with Gasteiger partial charge in [-0.25, -0.2) is 28.8 Å². The van der Waals surface area contributed by atoms with E-state index in [1.165, 1.54) is 20.4 Å². The second kappa shape index (κ2) is 12.7. The van der Waals surface area contributed by atoms with Gasteiger partial charge in [-0.1, -0.05) is 54.6 Å². The molecule has 12 heteroatoms. The molecular weight excluding hydrogens is 558 g/mol. The molecule has 2 heterocycles. The summed E-state index contributed by atoms with van der Waals surface area (Å²) in [6.45, 7) is 1.12. The summed E-state index contributed by atoms with van der Waals surface area (Å²) in [5, 5.41) is 4.15. The van der Waals surface area contributed by atoms with Crippen LogP contribution in [-0.4, -0.2) is 70.2 Å². The zero-order valence-electron chi connectivity index (χ0n) is 23.2. The van der Waals surface area contributed by atoms with Crippen LogP contribution in [0.3, 0.4) is 0 Å². The lowest BCUT2D eigenvalue weighted by molar-refractivity contribution is -0.114. The van der Waals surface area contributed by atoms with Gasteiger partial charge in [0.1, 0.15) is 19.0 Å². The van der Waals surface area contributed by atoms with Crippen LogP contribution < -0.4 is 0 Å². The van der Waals surface area contributed by atoms with Crippen LogP contribution in [0.1, 0.15) is 54.8 Å². The van der Waals surface area contributed by atoms with Crippen LogP contribution in [0, 0.1) is 0 Å². The van der Waals surface area contributed by atoms with Crippen molar-refractivity contribution in [2.24, 2.45) is 0 Å². The van der Waals surface area contributed by atoms with Gasteiger partial charge in [0.05, 0.1) is 23.8 Å². The molecule has 5 rings (SSSR count). The molecule has 1 fully saturated rings. The highest BCUT2D eigenvalue weighted by Gasteiger charge is 2.61. The minimum Gasteiger partial charge on any atom is -0.463 e. The third-order valence-corrected chi connectivity index (χ3v) is 6.77. The standard InChI is InChI=1S/C31H27N3O9/c1-31(43-28(37)22-16-10-5-11-17-22)24(42-27(36)21-14-8-4-9-15-21)23(18-40-26(35)20-12-6-3-7-13-20)41-30(31)34-19-32-25(33-34)29(38)39-2/h3-17,19,23-24,30H,18H2,1-2H3/t23-,24-,30-,31-/m1/s1. The lowest BCUT2D eigenvalue weighted by Gasteiger charge is -2.34. The van der Waals surface area contributed by atoms with E-state index in [1.807, 2.05) is 0 Å². The Labute approximate surface area is 246 Å². The molecule has 0 aliphatic carbocycles. The summed E-state index contributed by atoms with van der Waals surface area (Å²) < 4.78 is 29.6. The van der Waals surface area contributed by atoms with E-state index in [2.05, 4.69) is 10.1 Å². The summed E-state index contributed by atoms with van der Waals surface area (Å²) in [5.41, 5.74) is -1.01. The van der Waals surface area contributed by atoms with E-state index < -0.39 is 47.9 Å². The molecule has 0 N–H and O–H groups in total. The molecule has 0 saturated carbocycles. The van der Waals surface area contributed by atoms with E-state index in [1.54, 1.807) is 91.0 Å². The number of hydrogen-bond acceptors (Lipinski definition) is 11. The van der Waals surface area contributed by atoms with Gasteiger partial charge in [0.2, 0.25) is 0 Å². The molecule has 1 saturated heterocycles. The quantitative estimate of drug-likeness (QED) is 0.210. The van der Waals surface area contributed by atoms with Crippen molar-refractivity contribution in [3.05, 3.63) is 120 Å². The number of carbonyl (C=O) groups excluding carboxylic acids is 4. The molecule has 0 radical (unpaired) electrons. The maximum Gasteiger partial charge on any atom is 0.377 e. The average Bonchev–Trinajstić information content (AvgIpc) is 3.63. The van der Waals surface area contributed by atoms with Crippen LogP contribution in [0.2, 0.25) is 0 Å². The zero-order chi connectivity index (χ0) is 30.4. The number of carbonyl (C=O) groups is 4. The number of methoxy groups -OCH3 is 1. The van der Waals surface area contributed by atoms with Gasteiger partial charge in [0.25, 0.3) is 5.82 Å². The molecule has 220 valence electrons. The van der Waals surface area contributed by atoms with Gasteiger partial charge in [-0.3, -0.25) is 0 Å². The van der Waals surface area contributed by atoms with Crippen molar-refractivity contribution >= 4 is 23.9 Å². The molecule has 0 bridgehead atoms. The second-order valence-electron chi connectivity index (χ2n) is 9.66. The summed E-state index contributed by atoms with van der Waals surface area (Å²) in [6, 6.07) is 24.7. The lowest BCUT2D eigenvalue weighted by Crippen LogP contribution is -2.50. The fraction of sp³-hybridized carbons (Fsp3) is 0.226. The number of nitrogens with zero attached hydrogens (tertiary/aromatic N) is 3. The van der Waals surface area contributed by atoms with E-state index in [0.29, 0.717) is 5.56 Å². The van der Waals surface area contributed by atoms with Crippen molar-refractivity contribution in [1.82, 2.24) is 14.8 Å². The Morgan fingerprint density at radius 1 is 0.791 bits per heavy atom. The van der Waals surface area contributed by atoms with Gasteiger partial charge >= 0.3 is 23.9 Å². The predicted molar refractivity (Wildman–Crippen MR) is 148 cm³/mol. The van der Waals surface area contributed by atoms with Crippen molar-refractivity contribution in [2.45, 2.75) is 31.0 Å². The average molecular weight is 586 g/mol. The van der Waals surface area contributed by atoms with Gasteiger partial charge in [-0.2, -0.15) is 0 Å². The summed E-state index contributed by atoms with van der Waals surface area (Å²) >= 11 is 0. The van der Waals surface area contributed by atoms with Crippen LogP contribution in [-0.2, 0) is 23.7 Å². The first-order valence-electron chi connectivity index (χ1n) is 13.2. The molecule has 1 aliphatic heterocycles. The van der Waals surface area contributed by atoms with Crippen molar-refractivity contribution in [2.75, 3.05) is 13.7 Å². The minimum atomic E-state index is -1.76. The maximum atomic E-state index is 13.4. The molecule has 3 aromatic carbocycles. The van der Waals surface area contributed by atoms with E-state index in [9.17, 15) is 19.2 Å². The Balaban J connectivity index is 1.52. The molecule has 1 aromatic heterocycles. The van der Waals surface area contributed by atoms with Gasteiger partial charge in [-0.05, 0) is 43.3 Å². The molecular formula is C31H27N3O9. The maximum absolute atomic E-state index is 13.4. The topological polar surface area (TPSA) is 145 Å². The Morgan fingerprint density at radius 3 is 1.88 bits per heavy atom. The molecule has 4 atom stereocenters. The van der Waals surface area contributed by atoms with Crippen molar-refractivity contribution in [1.29, 1.82) is 0 Å². The molecule has 1 aliphatic rings. The predicted octanol–water partition coefficient (Wildman–Crippen LogP) is 3.66. The largest absolute Gasteiger partial charge is 0.463 e. The van der Waals surface area contributed by atoms with Gasteiger partial charge in [0, 0.05) is 0 Å². The zero-order valence-corrected chi connectivity index (χ0v) is 23.2. The Morgan fingerprint density at radius 2 is 1.33 bits per heavy atom. The van der Waals surface area contributed by atoms with Gasteiger partial charge < -0.3 is 23.7 Å². The normalized spacial score (nSPS) is 21.0. The third-order valence-electron chi connectivity index (χ3n) is 6.77. The van der Waals surface area contributed by atoms with Crippen LogP contribution in [0.4, 0.5) is 0 Å². The highest BCUT2D eigenvalue weighted by atomic mass is 16.7. The number of benzene rings is 3. The van der Waals surface area contributed by atoms with E-state index in [0.717, 1.165) is 4.68 Å².